The molecule has 0 N–H and O–H groups in total. The molecule has 4 rings (SSSR count). The number of para-hydroxylation sites is 2. The van der Waals surface area contributed by atoms with E-state index in [2.05, 4.69) is 4.99 Å². The number of amides is 1. The van der Waals surface area contributed by atoms with Gasteiger partial charge < -0.3 is 8.98 Å². The van der Waals surface area contributed by atoms with Crippen molar-refractivity contribution in [2.24, 2.45) is 4.99 Å². The van der Waals surface area contributed by atoms with Crippen LogP contribution in [0.5, 0.6) is 0 Å². The van der Waals surface area contributed by atoms with Crippen LogP contribution >= 0.6 is 0 Å². The first kappa shape index (κ1) is 17.7. The minimum Gasteiger partial charge on any atom is -0.408 e. The Kier molecular flexibility index (Phi) is 5.01. The van der Waals surface area contributed by atoms with Crippen LogP contribution in [0.4, 0.5) is 0 Å². The summed E-state index contributed by atoms with van der Waals surface area (Å²) in [4.78, 5) is 28.7. The maximum Gasteiger partial charge on any atom is 0.419 e. The lowest BCUT2D eigenvalue weighted by molar-refractivity contribution is -0.118. The number of oxazole rings is 1. The number of nitrogens with zero attached hydrogens (tertiary/aromatic N) is 3. The Labute approximate surface area is 161 Å². The van der Waals surface area contributed by atoms with Crippen molar-refractivity contribution in [1.82, 2.24) is 9.13 Å². The fourth-order valence-corrected chi connectivity index (χ4v) is 3.10. The average Bonchev–Trinajstić information content (AvgIpc) is 3.04. The van der Waals surface area contributed by atoms with Gasteiger partial charge in [-0.1, -0.05) is 48.5 Å². The Morgan fingerprint density at radius 3 is 2.54 bits per heavy atom. The van der Waals surface area contributed by atoms with Crippen LogP contribution in [-0.4, -0.2) is 15.0 Å². The first-order valence-electron chi connectivity index (χ1n) is 9.06. The van der Waals surface area contributed by atoms with E-state index in [-0.39, 0.29) is 18.9 Å². The summed E-state index contributed by atoms with van der Waals surface area (Å²) in [5.74, 6) is -0.752. The molecular weight excluding hydrogens is 354 g/mol. The van der Waals surface area contributed by atoms with E-state index in [1.54, 1.807) is 24.3 Å². The van der Waals surface area contributed by atoms with E-state index in [1.165, 1.54) is 4.57 Å². The van der Waals surface area contributed by atoms with Gasteiger partial charge in [-0.25, -0.2) is 4.79 Å². The molecule has 1 amide bonds. The van der Waals surface area contributed by atoms with E-state index in [1.807, 2.05) is 59.3 Å². The van der Waals surface area contributed by atoms with Crippen molar-refractivity contribution in [1.29, 1.82) is 0 Å². The minimum absolute atomic E-state index is 0.115. The number of hydrogen-bond acceptors (Lipinski definition) is 3. The first-order valence-corrected chi connectivity index (χ1v) is 9.06. The van der Waals surface area contributed by atoms with Gasteiger partial charge >= 0.3 is 5.76 Å². The van der Waals surface area contributed by atoms with Gasteiger partial charge in [-0.2, -0.15) is 4.99 Å². The van der Waals surface area contributed by atoms with Crippen LogP contribution in [0.1, 0.15) is 12.0 Å². The summed E-state index contributed by atoms with van der Waals surface area (Å²) in [7, 11) is 0. The third-order valence-electron chi connectivity index (χ3n) is 4.47. The highest BCUT2D eigenvalue weighted by Crippen LogP contribution is 2.12. The van der Waals surface area contributed by atoms with Crippen LogP contribution in [0.2, 0.25) is 0 Å². The van der Waals surface area contributed by atoms with Crippen LogP contribution < -0.4 is 11.2 Å². The number of benzene rings is 2. The van der Waals surface area contributed by atoms with Crippen LogP contribution in [-0.2, 0) is 17.9 Å². The zero-order valence-electron chi connectivity index (χ0n) is 15.2. The lowest BCUT2D eigenvalue weighted by Crippen LogP contribution is -2.23. The quantitative estimate of drug-likeness (QED) is 0.540. The monoisotopic (exact) mass is 373 g/mol. The van der Waals surface area contributed by atoms with Crippen molar-refractivity contribution in [3.8, 4) is 0 Å². The largest absolute Gasteiger partial charge is 0.419 e. The Hall–Kier alpha value is -3.67. The summed E-state index contributed by atoms with van der Waals surface area (Å²) in [6, 6.07) is 22.7. The fraction of sp³-hybridized carbons (Fsp3) is 0.136. The molecule has 0 aliphatic heterocycles. The van der Waals surface area contributed by atoms with Gasteiger partial charge in [0.2, 0.25) is 5.91 Å². The molecule has 140 valence electrons. The number of aryl methyl sites for hydroxylation is 1. The van der Waals surface area contributed by atoms with Gasteiger partial charge in [0.25, 0.3) is 0 Å². The topological polar surface area (TPSA) is 69.5 Å². The smallest absolute Gasteiger partial charge is 0.408 e. The molecule has 2 aromatic heterocycles. The van der Waals surface area contributed by atoms with Gasteiger partial charge in [-0.05, 0) is 29.8 Å². The molecule has 28 heavy (non-hydrogen) atoms. The highest BCUT2D eigenvalue weighted by Gasteiger charge is 2.10. The number of rotatable bonds is 5. The molecule has 0 atom stereocenters. The van der Waals surface area contributed by atoms with Crippen molar-refractivity contribution in [3.05, 3.63) is 101 Å². The second kappa shape index (κ2) is 7.92. The lowest BCUT2D eigenvalue weighted by atomic mass is 10.2. The maximum atomic E-state index is 12.4. The highest BCUT2D eigenvalue weighted by atomic mass is 16.4. The Balaban J connectivity index is 1.54. The molecular formula is C22H19N3O3. The second-order valence-electron chi connectivity index (χ2n) is 6.42. The zero-order valence-corrected chi connectivity index (χ0v) is 15.2. The van der Waals surface area contributed by atoms with E-state index >= 15 is 0 Å². The van der Waals surface area contributed by atoms with Gasteiger partial charge in [0.1, 0.15) is 5.49 Å². The predicted molar refractivity (Wildman–Crippen MR) is 106 cm³/mol. The summed E-state index contributed by atoms with van der Waals surface area (Å²) >= 11 is 0. The van der Waals surface area contributed by atoms with Gasteiger partial charge in [0.05, 0.1) is 5.52 Å². The molecule has 6 nitrogen and oxygen atoms in total. The van der Waals surface area contributed by atoms with Crippen molar-refractivity contribution >= 4 is 17.0 Å². The number of fused-ring (bicyclic) bond motifs is 1. The van der Waals surface area contributed by atoms with Crippen molar-refractivity contribution < 1.29 is 9.21 Å². The Bertz CT molecular complexity index is 1230. The molecule has 0 aliphatic carbocycles. The molecule has 0 aliphatic rings. The Morgan fingerprint density at radius 2 is 1.68 bits per heavy atom. The van der Waals surface area contributed by atoms with E-state index in [0.29, 0.717) is 23.1 Å². The second-order valence-corrected chi connectivity index (χ2v) is 6.42. The summed E-state index contributed by atoms with van der Waals surface area (Å²) in [5, 5.41) is 0. The van der Waals surface area contributed by atoms with E-state index in [0.717, 1.165) is 5.56 Å². The van der Waals surface area contributed by atoms with Gasteiger partial charge in [-0.3, -0.25) is 9.36 Å². The van der Waals surface area contributed by atoms with Gasteiger partial charge in [0.15, 0.2) is 5.58 Å². The summed E-state index contributed by atoms with van der Waals surface area (Å²) in [5.41, 5.74) is 2.90. The predicted octanol–water partition coefficient (Wildman–Crippen LogP) is 2.96. The molecule has 0 fully saturated rings. The molecule has 2 heterocycles. The van der Waals surface area contributed by atoms with Crippen LogP contribution in [0.25, 0.3) is 11.1 Å². The van der Waals surface area contributed by atoms with Crippen LogP contribution in [0.3, 0.4) is 0 Å². The molecule has 0 bridgehead atoms. The van der Waals surface area contributed by atoms with E-state index in [9.17, 15) is 9.59 Å². The van der Waals surface area contributed by atoms with E-state index < -0.39 is 5.76 Å². The summed E-state index contributed by atoms with van der Waals surface area (Å²) in [6.45, 7) is 0.851. The molecule has 0 saturated heterocycles. The molecule has 2 aromatic carbocycles. The SMILES string of the molecule is O=C(CCn1c(=O)oc2ccccc21)N=c1ccccn1Cc1ccccc1. The van der Waals surface area contributed by atoms with Crippen molar-refractivity contribution in [2.45, 2.75) is 19.5 Å². The molecule has 6 heteroatoms. The van der Waals surface area contributed by atoms with Crippen LogP contribution in [0, 0.1) is 0 Å². The normalized spacial score (nSPS) is 11.8. The van der Waals surface area contributed by atoms with E-state index in [4.69, 9.17) is 4.42 Å². The third kappa shape index (κ3) is 3.86. The van der Waals surface area contributed by atoms with Gasteiger partial charge in [-0.15, -0.1) is 0 Å². The number of carbonyl (C=O) groups excluding carboxylic acids is 1. The molecule has 0 saturated carbocycles. The highest BCUT2D eigenvalue weighted by molar-refractivity contribution is 5.77. The zero-order chi connectivity index (χ0) is 19.3. The number of pyridine rings is 1. The molecule has 0 unspecified atom stereocenters. The average molecular weight is 373 g/mol. The number of hydrogen-bond donors (Lipinski definition) is 0. The number of aromatic nitrogens is 2. The molecule has 4 aromatic rings. The minimum atomic E-state index is -0.465. The maximum absolute atomic E-state index is 12.4. The molecule has 0 spiro atoms. The molecule has 0 radical (unpaired) electrons. The van der Waals surface area contributed by atoms with Crippen molar-refractivity contribution in [2.75, 3.05) is 0 Å². The van der Waals surface area contributed by atoms with Crippen molar-refractivity contribution in [3.63, 3.8) is 0 Å². The Morgan fingerprint density at radius 1 is 0.929 bits per heavy atom. The van der Waals surface area contributed by atoms with Crippen LogP contribution in [0.15, 0.2) is 93.2 Å². The van der Waals surface area contributed by atoms with Gasteiger partial charge in [0, 0.05) is 25.7 Å². The third-order valence-corrected chi connectivity index (χ3v) is 4.47. The summed E-state index contributed by atoms with van der Waals surface area (Å²) in [6.07, 6.45) is 2.01. The fourth-order valence-electron chi connectivity index (χ4n) is 3.10. The first-order chi connectivity index (χ1) is 13.7. The summed E-state index contributed by atoms with van der Waals surface area (Å²) < 4.78 is 8.58. The standard InChI is InChI=1S/C22H19N3O3/c26-21(13-15-25-18-10-4-5-11-19(18)28-22(25)27)23-20-12-6-7-14-24(20)16-17-8-2-1-3-9-17/h1-12,14H,13,15-16H2. The number of carbonyl (C=O) groups is 1. The lowest BCUT2D eigenvalue weighted by Gasteiger charge is -2.07.